The summed E-state index contributed by atoms with van der Waals surface area (Å²) in [6.07, 6.45) is -0.0301. The maximum absolute atomic E-state index is 14.1. The molecule has 6 nitrogen and oxygen atoms in total. The number of hydrogen-bond donors (Lipinski definition) is 3. The van der Waals surface area contributed by atoms with Gasteiger partial charge in [0.1, 0.15) is 17.5 Å². The number of carbonyl (C=O) groups is 1. The van der Waals surface area contributed by atoms with Crippen molar-refractivity contribution in [2.75, 3.05) is 10.6 Å². The lowest BCUT2D eigenvalue weighted by molar-refractivity contribution is -0.118. The molecule has 3 aromatic rings. The quantitative estimate of drug-likeness (QED) is 0.663. The first-order chi connectivity index (χ1) is 13.0. The second-order valence-corrected chi connectivity index (χ2v) is 6.14. The van der Waals surface area contributed by atoms with Crippen molar-refractivity contribution < 1.29 is 13.6 Å². The van der Waals surface area contributed by atoms with Crippen LogP contribution in [0.25, 0.3) is 0 Å². The van der Waals surface area contributed by atoms with E-state index in [4.69, 9.17) is 0 Å². The van der Waals surface area contributed by atoms with Gasteiger partial charge in [0, 0.05) is 17.3 Å². The van der Waals surface area contributed by atoms with Gasteiger partial charge in [0.15, 0.2) is 0 Å². The summed E-state index contributed by atoms with van der Waals surface area (Å²) in [5.41, 5.74) is 0.548. The number of amides is 1. The molecule has 0 saturated heterocycles. The van der Waals surface area contributed by atoms with Gasteiger partial charge in [0.25, 0.3) is 5.56 Å². The van der Waals surface area contributed by atoms with Crippen LogP contribution >= 0.6 is 0 Å². The average molecular weight is 368 g/mol. The average Bonchev–Trinajstić information content (AvgIpc) is 2.63. The molecule has 1 aliphatic rings. The molecule has 8 heteroatoms. The highest BCUT2D eigenvalue weighted by Crippen LogP contribution is 2.30. The Labute approximate surface area is 152 Å². The first kappa shape index (κ1) is 16.9. The minimum Gasteiger partial charge on any atom is -0.326 e. The van der Waals surface area contributed by atoms with Gasteiger partial charge in [0.2, 0.25) is 11.9 Å². The molecule has 0 saturated carbocycles. The third kappa shape index (κ3) is 3.29. The Kier molecular flexibility index (Phi) is 4.15. The van der Waals surface area contributed by atoms with E-state index < -0.39 is 29.0 Å². The molecule has 0 aliphatic carbocycles. The maximum Gasteiger partial charge on any atom is 0.257 e. The number of aromatic amines is 1. The van der Waals surface area contributed by atoms with Gasteiger partial charge in [-0.05, 0) is 24.6 Å². The SMILES string of the molecule is O=C1Nc2nc(Nc3ccccc3)[nH]c(=O)c2CC1c1ccc(F)cc1F. The highest BCUT2D eigenvalue weighted by Gasteiger charge is 2.32. The van der Waals surface area contributed by atoms with Crippen LogP contribution < -0.4 is 16.2 Å². The van der Waals surface area contributed by atoms with Crippen LogP contribution in [0.4, 0.5) is 26.2 Å². The monoisotopic (exact) mass is 368 g/mol. The molecule has 27 heavy (non-hydrogen) atoms. The lowest BCUT2D eigenvalue weighted by Crippen LogP contribution is -2.34. The van der Waals surface area contributed by atoms with Gasteiger partial charge in [-0.2, -0.15) is 4.98 Å². The number of para-hydroxylation sites is 1. The Bertz CT molecular complexity index is 1080. The van der Waals surface area contributed by atoms with Crippen LogP contribution in [0.2, 0.25) is 0 Å². The summed E-state index contributed by atoms with van der Waals surface area (Å²) in [4.78, 5) is 31.7. The van der Waals surface area contributed by atoms with Crippen LogP contribution in [-0.2, 0) is 11.2 Å². The van der Waals surface area contributed by atoms with E-state index in [1.165, 1.54) is 6.07 Å². The molecular weight excluding hydrogens is 354 g/mol. The molecule has 1 aromatic heterocycles. The highest BCUT2D eigenvalue weighted by molar-refractivity contribution is 5.98. The van der Waals surface area contributed by atoms with Crippen molar-refractivity contribution in [3.8, 4) is 0 Å². The number of hydrogen-bond acceptors (Lipinski definition) is 4. The van der Waals surface area contributed by atoms with Crippen LogP contribution in [0.15, 0.2) is 53.3 Å². The Morgan fingerprint density at radius 3 is 2.59 bits per heavy atom. The first-order valence-electron chi connectivity index (χ1n) is 8.22. The third-order valence-electron chi connectivity index (χ3n) is 4.36. The summed E-state index contributed by atoms with van der Waals surface area (Å²) < 4.78 is 27.2. The van der Waals surface area contributed by atoms with E-state index >= 15 is 0 Å². The summed E-state index contributed by atoms with van der Waals surface area (Å²) in [7, 11) is 0. The van der Waals surface area contributed by atoms with Gasteiger partial charge in [-0.3, -0.25) is 14.6 Å². The van der Waals surface area contributed by atoms with Crippen LogP contribution in [0.3, 0.4) is 0 Å². The van der Waals surface area contributed by atoms with E-state index in [1.807, 2.05) is 18.2 Å². The normalized spacial score (nSPS) is 15.8. The number of carbonyl (C=O) groups excluding carboxylic acids is 1. The standard InChI is InChI=1S/C19H14F2N4O2/c20-10-6-7-12(15(21)8-10)13-9-14-16(23-17(13)26)24-19(25-18(14)27)22-11-4-2-1-3-5-11/h1-8,13H,9H2,(H3,22,23,24,25,26,27). The van der Waals surface area contributed by atoms with E-state index in [-0.39, 0.29) is 29.3 Å². The number of nitrogens with one attached hydrogen (secondary N) is 3. The number of benzene rings is 2. The van der Waals surface area contributed by atoms with Crippen LogP contribution in [-0.4, -0.2) is 15.9 Å². The molecule has 1 aliphatic heterocycles. The van der Waals surface area contributed by atoms with E-state index in [9.17, 15) is 18.4 Å². The predicted molar refractivity (Wildman–Crippen MR) is 96.0 cm³/mol. The van der Waals surface area contributed by atoms with E-state index in [2.05, 4.69) is 20.6 Å². The van der Waals surface area contributed by atoms with Crippen molar-refractivity contribution in [1.29, 1.82) is 0 Å². The number of halogens is 2. The van der Waals surface area contributed by atoms with E-state index in [0.29, 0.717) is 11.8 Å². The van der Waals surface area contributed by atoms with Crippen molar-refractivity contribution in [1.82, 2.24) is 9.97 Å². The topological polar surface area (TPSA) is 86.9 Å². The second kappa shape index (κ2) is 6.64. The van der Waals surface area contributed by atoms with Crippen LogP contribution in [0.5, 0.6) is 0 Å². The highest BCUT2D eigenvalue weighted by atomic mass is 19.1. The third-order valence-corrected chi connectivity index (χ3v) is 4.36. The lowest BCUT2D eigenvalue weighted by atomic mass is 9.89. The molecule has 1 atom stereocenters. The largest absolute Gasteiger partial charge is 0.326 e. The fourth-order valence-electron chi connectivity index (χ4n) is 3.04. The van der Waals surface area contributed by atoms with Crippen LogP contribution in [0, 0.1) is 11.6 Å². The summed E-state index contributed by atoms with van der Waals surface area (Å²) >= 11 is 0. The fraction of sp³-hybridized carbons (Fsp3) is 0.105. The second-order valence-electron chi connectivity index (χ2n) is 6.14. The molecule has 0 spiro atoms. The van der Waals surface area contributed by atoms with Gasteiger partial charge in [-0.15, -0.1) is 0 Å². The molecule has 0 bridgehead atoms. The Morgan fingerprint density at radius 2 is 1.85 bits per heavy atom. The number of aromatic nitrogens is 2. The van der Waals surface area contributed by atoms with E-state index in [1.54, 1.807) is 12.1 Å². The number of anilines is 3. The Morgan fingerprint density at radius 1 is 1.07 bits per heavy atom. The van der Waals surface area contributed by atoms with Crippen molar-refractivity contribution in [2.24, 2.45) is 0 Å². The zero-order valence-corrected chi connectivity index (χ0v) is 13.9. The van der Waals surface area contributed by atoms with Gasteiger partial charge in [-0.1, -0.05) is 24.3 Å². The lowest BCUT2D eigenvalue weighted by Gasteiger charge is -2.24. The van der Waals surface area contributed by atoms with Gasteiger partial charge >= 0.3 is 0 Å². The molecule has 2 heterocycles. The minimum absolute atomic E-state index is 0.0301. The van der Waals surface area contributed by atoms with Gasteiger partial charge < -0.3 is 10.6 Å². The molecule has 0 radical (unpaired) electrons. The predicted octanol–water partition coefficient (Wildman–Crippen LogP) is 3.07. The Balaban J connectivity index is 1.67. The number of fused-ring (bicyclic) bond motifs is 1. The minimum atomic E-state index is -0.936. The molecule has 1 amide bonds. The summed E-state index contributed by atoms with van der Waals surface area (Å²) in [6, 6.07) is 12.1. The molecule has 3 N–H and O–H groups in total. The molecule has 1 unspecified atom stereocenters. The molecule has 136 valence electrons. The van der Waals surface area contributed by atoms with E-state index in [0.717, 1.165) is 6.07 Å². The number of rotatable bonds is 3. The van der Waals surface area contributed by atoms with Gasteiger partial charge in [-0.25, -0.2) is 8.78 Å². The Hall–Kier alpha value is -3.55. The van der Waals surface area contributed by atoms with Crippen molar-refractivity contribution in [3.63, 3.8) is 0 Å². The number of H-pyrrole nitrogens is 1. The maximum atomic E-state index is 14.1. The molecule has 4 rings (SSSR count). The summed E-state index contributed by atoms with van der Waals surface area (Å²) in [5.74, 6) is -2.70. The molecule has 0 fully saturated rings. The smallest absolute Gasteiger partial charge is 0.257 e. The zero-order valence-electron chi connectivity index (χ0n) is 13.9. The van der Waals surface area contributed by atoms with Gasteiger partial charge in [0.05, 0.1) is 11.5 Å². The van der Waals surface area contributed by atoms with Crippen molar-refractivity contribution in [3.05, 3.63) is 81.6 Å². The molecule has 2 aromatic carbocycles. The zero-order chi connectivity index (χ0) is 19.0. The van der Waals surface area contributed by atoms with Crippen molar-refractivity contribution >= 4 is 23.4 Å². The van der Waals surface area contributed by atoms with Crippen LogP contribution in [0.1, 0.15) is 17.0 Å². The fourth-order valence-corrected chi connectivity index (χ4v) is 3.04. The number of nitrogens with zero attached hydrogens (tertiary/aromatic N) is 1. The molecular formula is C19H14F2N4O2. The summed E-state index contributed by atoms with van der Waals surface area (Å²) in [5, 5.41) is 5.50. The summed E-state index contributed by atoms with van der Waals surface area (Å²) in [6.45, 7) is 0. The van der Waals surface area contributed by atoms with Crippen molar-refractivity contribution in [2.45, 2.75) is 12.3 Å². The first-order valence-corrected chi connectivity index (χ1v) is 8.22.